The molecular formula is C13H14N2OS2. The normalized spacial score (nSPS) is 25.6. The van der Waals surface area contributed by atoms with Crippen molar-refractivity contribution in [3.05, 3.63) is 34.7 Å². The summed E-state index contributed by atoms with van der Waals surface area (Å²) in [5.41, 5.74) is 2.37. The molecule has 0 aliphatic carbocycles. The van der Waals surface area contributed by atoms with Gasteiger partial charge < -0.3 is 0 Å². The van der Waals surface area contributed by atoms with Crippen molar-refractivity contribution in [3.63, 3.8) is 0 Å². The summed E-state index contributed by atoms with van der Waals surface area (Å²) in [7, 11) is 0. The Morgan fingerprint density at radius 3 is 1.83 bits per heavy atom. The van der Waals surface area contributed by atoms with Crippen LogP contribution in [0.2, 0.25) is 0 Å². The van der Waals surface area contributed by atoms with Gasteiger partial charge in [-0.2, -0.15) is 23.5 Å². The largest absolute Gasteiger partial charge is 0.329 e. The lowest BCUT2D eigenvalue weighted by Gasteiger charge is -1.99. The molecule has 2 aliphatic heterocycles. The first-order valence-corrected chi connectivity index (χ1v) is 8.34. The first-order chi connectivity index (χ1) is 8.83. The van der Waals surface area contributed by atoms with E-state index in [4.69, 9.17) is 0 Å². The van der Waals surface area contributed by atoms with Crippen molar-refractivity contribution in [1.82, 2.24) is 9.13 Å². The summed E-state index contributed by atoms with van der Waals surface area (Å²) < 4.78 is 3.93. The third-order valence-corrected chi connectivity index (χ3v) is 5.41. The first kappa shape index (κ1) is 11.1. The molecule has 2 aliphatic rings. The van der Waals surface area contributed by atoms with Gasteiger partial charge in [0.15, 0.2) is 0 Å². The third-order valence-electron chi connectivity index (χ3n) is 3.50. The van der Waals surface area contributed by atoms with E-state index in [1.165, 1.54) is 11.5 Å². The molecule has 0 amide bonds. The molecule has 1 aromatic carbocycles. The molecule has 0 radical (unpaired) electrons. The Labute approximate surface area is 114 Å². The van der Waals surface area contributed by atoms with Gasteiger partial charge in [0.25, 0.3) is 0 Å². The van der Waals surface area contributed by atoms with Crippen LogP contribution >= 0.6 is 23.5 Å². The molecule has 2 fully saturated rings. The summed E-state index contributed by atoms with van der Waals surface area (Å²) >= 11 is 3.89. The van der Waals surface area contributed by atoms with Gasteiger partial charge in [0, 0.05) is 35.1 Å². The summed E-state index contributed by atoms with van der Waals surface area (Å²) in [6.45, 7) is 1.74. The molecule has 0 bridgehead atoms. The van der Waals surface area contributed by atoms with Crippen molar-refractivity contribution < 1.29 is 0 Å². The van der Waals surface area contributed by atoms with E-state index in [-0.39, 0.29) is 5.69 Å². The van der Waals surface area contributed by atoms with Gasteiger partial charge in [-0.05, 0) is 12.1 Å². The van der Waals surface area contributed by atoms with Gasteiger partial charge in [0.05, 0.1) is 11.0 Å². The second kappa shape index (κ2) is 4.10. The van der Waals surface area contributed by atoms with Gasteiger partial charge in [0.1, 0.15) is 0 Å². The van der Waals surface area contributed by atoms with Crippen LogP contribution in [0.3, 0.4) is 0 Å². The van der Waals surface area contributed by atoms with Crippen molar-refractivity contribution in [2.45, 2.75) is 23.6 Å². The highest BCUT2D eigenvalue weighted by molar-refractivity contribution is 8.07. The van der Waals surface area contributed by atoms with Crippen LogP contribution in [0.25, 0.3) is 11.0 Å². The molecule has 2 atom stereocenters. The van der Waals surface area contributed by atoms with Crippen molar-refractivity contribution in [1.29, 1.82) is 0 Å². The van der Waals surface area contributed by atoms with Gasteiger partial charge in [-0.3, -0.25) is 9.13 Å². The maximum Gasteiger partial charge on any atom is 0.329 e. The topological polar surface area (TPSA) is 26.9 Å². The summed E-state index contributed by atoms with van der Waals surface area (Å²) in [5, 5.41) is 1.30. The molecule has 18 heavy (non-hydrogen) atoms. The molecular weight excluding hydrogens is 264 g/mol. The van der Waals surface area contributed by atoms with E-state index < -0.39 is 0 Å². The molecule has 3 nitrogen and oxygen atoms in total. The molecule has 94 valence electrons. The number of thioether (sulfide) groups is 2. The summed E-state index contributed by atoms with van der Waals surface area (Å²) in [5.74, 6) is 2.40. The van der Waals surface area contributed by atoms with Gasteiger partial charge in [-0.1, -0.05) is 12.1 Å². The minimum Gasteiger partial charge on any atom is -0.291 e. The maximum absolute atomic E-state index is 12.5. The zero-order valence-electron chi connectivity index (χ0n) is 9.91. The van der Waals surface area contributed by atoms with E-state index in [9.17, 15) is 4.79 Å². The van der Waals surface area contributed by atoms with Crippen LogP contribution in [0.15, 0.2) is 29.1 Å². The standard InChI is InChI=1S/C13H14N2OS2/c16-13-14(5-9-7-17-9)11-3-1-2-4-12(11)15(13)6-10-8-18-10/h1-4,9-10H,5-8H2. The van der Waals surface area contributed by atoms with E-state index in [1.54, 1.807) is 0 Å². The van der Waals surface area contributed by atoms with E-state index in [0.29, 0.717) is 10.5 Å². The highest BCUT2D eigenvalue weighted by Gasteiger charge is 2.28. The Balaban J connectivity index is 1.86. The zero-order valence-corrected chi connectivity index (χ0v) is 11.5. The molecule has 2 aromatic rings. The summed E-state index contributed by atoms with van der Waals surface area (Å²) in [6, 6.07) is 8.18. The molecule has 2 unspecified atom stereocenters. The number of para-hydroxylation sites is 2. The smallest absolute Gasteiger partial charge is 0.291 e. The number of aromatic nitrogens is 2. The van der Waals surface area contributed by atoms with E-state index >= 15 is 0 Å². The molecule has 1 aromatic heterocycles. The fourth-order valence-electron chi connectivity index (χ4n) is 2.38. The van der Waals surface area contributed by atoms with Crippen LogP contribution in [0.4, 0.5) is 0 Å². The zero-order chi connectivity index (χ0) is 12.1. The van der Waals surface area contributed by atoms with Crippen molar-refractivity contribution >= 4 is 34.6 Å². The van der Waals surface area contributed by atoms with Crippen LogP contribution in [0.5, 0.6) is 0 Å². The SMILES string of the molecule is O=c1n(CC2CS2)c2ccccc2n1CC1CS1. The molecule has 5 heteroatoms. The van der Waals surface area contributed by atoms with Crippen molar-refractivity contribution in [3.8, 4) is 0 Å². The molecule has 0 N–H and O–H groups in total. The number of hydrogen-bond acceptors (Lipinski definition) is 3. The Morgan fingerprint density at radius 1 is 1.00 bits per heavy atom. The predicted octanol–water partition coefficient (Wildman–Crippen LogP) is 2.03. The number of fused-ring (bicyclic) bond motifs is 1. The Morgan fingerprint density at radius 2 is 1.44 bits per heavy atom. The average Bonchev–Trinajstić information content (AvgIpc) is 3.26. The lowest BCUT2D eigenvalue weighted by Crippen LogP contribution is -2.26. The fraction of sp³-hybridized carbons (Fsp3) is 0.462. The molecule has 4 rings (SSSR count). The van der Waals surface area contributed by atoms with Gasteiger partial charge in [-0.25, -0.2) is 4.79 Å². The number of benzene rings is 1. The van der Waals surface area contributed by atoms with E-state index in [2.05, 4.69) is 12.1 Å². The van der Waals surface area contributed by atoms with Gasteiger partial charge >= 0.3 is 5.69 Å². The molecule has 2 saturated heterocycles. The van der Waals surface area contributed by atoms with Gasteiger partial charge in [0.2, 0.25) is 0 Å². The van der Waals surface area contributed by atoms with E-state index in [1.807, 2.05) is 44.8 Å². The Hall–Kier alpha value is -0.810. The summed E-state index contributed by atoms with van der Waals surface area (Å²) in [6.07, 6.45) is 0. The molecule has 0 saturated carbocycles. The molecule has 3 heterocycles. The number of hydrogen-bond donors (Lipinski definition) is 0. The van der Waals surface area contributed by atoms with Crippen LogP contribution in [0, 0.1) is 0 Å². The summed E-state index contributed by atoms with van der Waals surface area (Å²) in [4.78, 5) is 12.5. The quantitative estimate of drug-likeness (QED) is 0.801. The van der Waals surface area contributed by atoms with Crippen molar-refractivity contribution in [2.24, 2.45) is 0 Å². The van der Waals surface area contributed by atoms with Crippen LogP contribution < -0.4 is 5.69 Å². The lowest BCUT2D eigenvalue weighted by atomic mass is 10.3. The second-order valence-electron chi connectivity index (χ2n) is 4.90. The third kappa shape index (κ3) is 1.89. The lowest BCUT2D eigenvalue weighted by molar-refractivity contribution is 0.641. The first-order valence-electron chi connectivity index (χ1n) is 6.24. The second-order valence-corrected chi connectivity index (χ2v) is 7.57. The Kier molecular flexibility index (Phi) is 2.52. The fourth-order valence-corrected chi connectivity index (χ4v) is 3.37. The average molecular weight is 278 g/mol. The predicted molar refractivity (Wildman–Crippen MR) is 78.7 cm³/mol. The van der Waals surface area contributed by atoms with Gasteiger partial charge in [-0.15, -0.1) is 0 Å². The highest BCUT2D eigenvalue weighted by Crippen LogP contribution is 2.33. The van der Waals surface area contributed by atoms with Crippen LogP contribution in [0.1, 0.15) is 0 Å². The number of rotatable bonds is 4. The minimum absolute atomic E-state index is 0.177. The van der Waals surface area contributed by atoms with E-state index in [0.717, 1.165) is 24.1 Å². The number of imidazole rings is 1. The molecule has 0 spiro atoms. The highest BCUT2D eigenvalue weighted by atomic mass is 32.2. The Bertz CT molecular complexity index is 599. The van der Waals surface area contributed by atoms with Crippen molar-refractivity contribution in [2.75, 3.05) is 11.5 Å². The monoisotopic (exact) mass is 278 g/mol. The maximum atomic E-state index is 12.5. The van der Waals surface area contributed by atoms with Crippen LogP contribution in [-0.2, 0) is 13.1 Å². The number of nitrogens with zero attached hydrogens (tertiary/aromatic N) is 2. The minimum atomic E-state index is 0.177. The van der Waals surface area contributed by atoms with Crippen LogP contribution in [-0.4, -0.2) is 31.1 Å².